The van der Waals surface area contributed by atoms with E-state index in [1.807, 2.05) is 6.92 Å². The molecular weight excluding hydrogens is 537 g/mol. The van der Waals surface area contributed by atoms with E-state index in [2.05, 4.69) is 5.32 Å². The summed E-state index contributed by atoms with van der Waals surface area (Å²) in [5, 5.41) is 2.23. The smallest absolute Gasteiger partial charge is 0.418 e. The Hall–Kier alpha value is -3.83. The molecule has 3 aromatic carbocycles. The second-order valence-corrected chi connectivity index (χ2v) is 9.57. The molecule has 2 amide bonds. The molecule has 1 heterocycles. The normalized spacial score (nSPS) is 14.6. The lowest BCUT2D eigenvalue weighted by Gasteiger charge is -2.15. The number of ether oxygens (including phenoxy) is 2. The second kappa shape index (κ2) is 11.7. The van der Waals surface area contributed by atoms with Crippen LogP contribution < -0.4 is 19.7 Å². The van der Waals surface area contributed by atoms with Crippen molar-refractivity contribution in [3.05, 3.63) is 88.8 Å². The van der Waals surface area contributed by atoms with E-state index >= 15 is 0 Å². The maximum absolute atomic E-state index is 13.1. The quantitative estimate of drug-likeness (QED) is 0.251. The third-order valence-corrected chi connectivity index (χ3v) is 6.53. The summed E-state index contributed by atoms with van der Waals surface area (Å²) in [6, 6.07) is 18.4. The first-order chi connectivity index (χ1) is 18.2. The number of carbonyl (C=O) groups is 2. The van der Waals surface area contributed by atoms with Crippen LogP contribution in [-0.2, 0) is 15.8 Å². The van der Waals surface area contributed by atoms with Crippen molar-refractivity contribution in [3.63, 3.8) is 0 Å². The van der Waals surface area contributed by atoms with Crippen molar-refractivity contribution < 1.29 is 32.2 Å². The number of carbonyl (C=O) groups excluding carboxylic acids is 2. The molecule has 0 unspecified atom stereocenters. The SMILES string of the molecule is CCOc1ccc(N2C(=O)/C(=C/c3cccc(OCC(=O)Nc4ccccc4C(F)(F)F)c3)SC2=S)cc1. The summed E-state index contributed by atoms with van der Waals surface area (Å²) in [7, 11) is 0. The molecule has 0 radical (unpaired) electrons. The highest BCUT2D eigenvalue weighted by atomic mass is 32.2. The summed E-state index contributed by atoms with van der Waals surface area (Å²) in [5.74, 6) is -0.0335. The van der Waals surface area contributed by atoms with Crippen LogP contribution in [0.3, 0.4) is 0 Å². The first kappa shape index (κ1) is 27.2. The zero-order chi connectivity index (χ0) is 27.3. The minimum Gasteiger partial charge on any atom is -0.494 e. The van der Waals surface area contributed by atoms with Gasteiger partial charge in [0.15, 0.2) is 10.9 Å². The van der Waals surface area contributed by atoms with Gasteiger partial charge in [-0.3, -0.25) is 14.5 Å². The summed E-state index contributed by atoms with van der Waals surface area (Å²) < 4.78 is 50.7. The molecule has 0 aromatic heterocycles. The number of thioether (sulfide) groups is 1. The van der Waals surface area contributed by atoms with Gasteiger partial charge in [-0.1, -0.05) is 48.2 Å². The highest BCUT2D eigenvalue weighted by molar-refractivity contribution is 8.27. The van der Waals surface area contributed by atoms with E-state index in [0.29, 0.717) is 38.6 Å². The van der Waals surface area contributed by atoms with Gasteiger partial charge in [-0.25, -0.2) is 0 Å². The molecule has 3 aromatic rings. The van der Waals surface area contributed by atoms with E-state index in [4.69, 9.17) is 21.7 Å². The van der Waals surface area contributed by atoms with Crippen molar-refractivity contribution >= 4 is 57.6 Å². The largest absolute Gasteiger partial charge is 0.494 e. The molecule has 0 bridgehead atoms. The Bertz CT molecular complexity index is 1390. The Morgan fingerprint density at radius 3 is 2.47 bits per heavy atom. The van der Waals surface area contributed by atoms with Crippen LogP contribution in [0.4, 0.5) is 24.5 Å². The third-order valence-electron chi connectivity index (χ3n) is 5.23. The highest BCUT2D eigenvalue weighted by Crippen LogP contribution is 2.37. The number of rotatable bonds is 8. The van der Waals surface area contributed by atoms with Gasteiger partial charge in [0.05, 0.1) is 28.5 Å². The Morgan fingerprint density at radius 1 is 1.03 bits per heavy atom. The van der Waals surface area contributed by atoms with Gasteiger partial charge in [-0.15, -0.1) is 0 Å². The predicted molar refractivity (Wildman–Crippen MR) is 145 cm³/mol. The van der Waals surface area contributed by atoms with E-state index in [1.165, 1.54) is 23.1 Å². The number of amides is 2. The molecule has 11 heteroatoms. The molecule has 1 fully saturated rings. The average Bonchev–Trinajstić information content (AvgIpc) is 3.16. The van der Waals surface area contributed by atoms with E-state index in [9.17, 15) is 22.8 Å². The van der Waals surface area contributed by atoms with E-state index < -0.39 is 24.3 Å². The fourth-order valence-electron chi connectivity index (χ4n) is 3.57. The lowest BCUT2D eigenvalue weighted by Crippen LogP contribution is -2.27. The Balaban J connectivity index is 1.41. The first-order valence-corrected chi connectivity index (χ1v) is 12.6. The molecular formula is C27H21F3N2O4S2. The van der Waals surface area contributed by atoms with Gasteiger partial charge in [-0.2, -0.15) is 13.2 Å². The number of para-hydroxylation sites is 1. The number of benzene rings is 3. The van der Waals surface area contributed by atoms with Crippen LogP contribution in [0.15, 0.2) is 77.7 Å². The lowest BCUT2D eigenvalue weighted by molar-refractivity contribution is -0.137. The number of hydrogen-bond donors (Lipinski definition) is 1. The second-order valence-electron chi connectivity index (χ2n) is 7.90. The number of thiocarbonyl (C=S) groups is 1. The topological polar surface area (TPSA) is 67.9 Å². The van der Waals surface area contributed by atoms with Crippen molar-refractivity contribution in [2.24, 2.45) is 0 Å². The Kier molecular flexibility index (Phi) is 8.38. The molecule has 196 valence electrons. The van der Waals surface area contributed by atoms with Crippen molar-refractivity contribution in [1.82, 2.24) is 0 Å². The molecule has 1 aliphatic heterocycles. The minimum atomic E-state index is -4.60. The van der Waals surface area contributed by atoms with Crippen molar-refractivity contribution in [3.8, 4) is 11.5 Å². The van der Waals surface area contributed by atoms with Crippen LogP contribution in [0.25, 0.3) is 6.08 Å². The van der Waals surface area contributed by atoms with E-state index in [-0.39, 0.29) is 11.6 Å². The van der Waals surface area contributed by atoms with Gasteiger partial charge in [-0.05, 0) is 67.1 Å². The van der Waals surface area contributed by atoms with Gasteiger partial charge < -0.3 is 14.8 Å². The zero-order valence-corrected chi connectivity index (χ0v) is 21.6. The molecule has 0 saturated carbocycles. The molecule has 4 rings (SSSR count). The lowest BCUT2D eigenvalue weighted by atomic mass is 10.1. The molecule has 0 atom stereocenters. The van der Waals surface area contributed by atoms with Crippen molar-refractivity contribution in [2.45, 2.75) is 13.1 Å². The monoisotopic (exact) mass is 558 g/mol. The number of anilines is 2. The Labute approximate surface area is 226 Å². The molecule has 0 aliphatic carbocycles. The van der Waals surface area contributed by atoms with Crippen molar-refractivity contribution in [2.75, 3.05) is 23.4 Å². The fourth-order valence-corrected chi connectivity index (χ4v) is 4.87. The molecule has 6 nitrogen and oxygen atoms in total. The molecule has 0 spiro atoms. The van der Waals surface area contributed by atoms with Crippen molar-refractivity contribution in [1.29, 1.82) is 0 Å². The van der Waals surface area contributed by atoms with Gasteiger partial charge in [0, 0.05) is 0 Å². The Morgan fingerprint density at radius 2 is 1.76 bits per heavy atom. The maximum atomic E-state index is 13.1. The van der Waals surface area contributed by atoms with E-state index in [0.717, 1.165) is 17.8 Å². The number of halogens is 3. The first-order valence-electron chi connectivity index (χ1n) is 11.4. The number of hydrogen-bond acceptors (Lipinski definition) is 6. The average molecular weight is 559 g/mol. The van der Waals surface area contributed by atoms with Gasteiger partial charge in [0.1, 0.15) is 11.5 Å². The molecule has 1 N–H and O–H groups in total. The van der Waals surface area contributed by atoms with Gasteiger partial charge in [0.2, 0.25) is 0 Å². The molecule has 38 heavy (non-hydrogen) atoms. The van der Waals surface area contributed by atoms with Crippen LogP contribution in [0, 0.1) is 0 Å². The van der Waals surface area contributed by atoms with Crippen LogP contribution in [0.1, 0.15) is 18.1 Å². The predicted octanol–water partition coefficient (Wildman–Crippen LogP) is 6.53. The molecule has 1 aliphatic rings. The standard InChI is InChI=1S/C27H21F3N2O4S2/c1-2-35-19-12-10-18(11-13-19)32-25(34)23(38-26(32)37)15-17-6-5-7-20(14-17)36-16-24(33)31-22-9-4-3-8-21(22)27(28,29)30/h3-15H,2,16H2,1H3,(H,31,33)/b23-15-. The van der Waals surface area contributed by atoms with Crippen LogP contribution in [0.5, 0.6) is 11.5 Å². The summed E-state index contributed by atoms with van der Waals surface area (Å²) >= 11 is 6.57. The summed E-state index contributed by atoms with van der Waals surface area (Å²) in [5.41, 5.74) is -0.0538. The van der Waals surface area contributed by atoms with Crippen LogP contribution >= 0.6 is 24.0 Å². The number of alkyl halides is 3. The van der Waals surface area contributed by atoms with Gasteiger partial charge >= 0.3 is 6.18 Å². The minimum absolute atomic E-state index is 0.279. The maximum Gasteiger partial charge on any atom is 0.418 e. The van der Waals surface area contributed by atoms with Gasteiger partial charge in [0.25, 0.3) is 11.8 Å². The zero-order valence-electron chi connectivity index (χ0n) is 20.0. The van der Waals surface area contributed by atoms with Crippen LogP contribution in [-0.4, -0.2) is 29.3 Å². The molecule has 1 saturated heterocycles. The number of nitrogens with zero attached hydrogens (tertiary/aromatic N) is 1. The summed E-state index contributed by atoms with van der Waals surface area (Å²) in [4.78, 5) is 27.1. The third kappa shape index (κ3) is 6.53. The highest BCUT2D eigenvalue weighted by Gasteiger charge is 2.34. The summed E-state index contributed by atoms with van der Waals surface area (Å²) in [6.45, 7) is 1.91. The van der Waals surface area contributed by atoms with E-state index in [1.54, 1.807) is 54.6 Å². The fraction of sp³-hybridized carbons (Fsp3) is 0.148. The summed E-state index contributed by atoms with van der Waals surface area (Å²) in [6.07, 6.45) is -2.95. The van der Waals surface area contributed by atoms with Crippen LogP contribution in [0.2, 0.25) is 0 Å². The number of nitrogens with one attached hydrogen (secondary N) is 1.